The first-order valence-corrected chi connectivity index (χ1v) is 7.33. The second-order valence-corrected chi connectivity index (χ2v) is 5.72. The number of hydrogen-bond donors (Lipinski definition) is 2. The number of nitrogens with two attached hydrogens (primary N) is 1. The highest BCUT2D eigenvalue weighted by Crippen LogP contribution is 2.08. The molecule has 0 fully saturated rings. The third kappa shape index (κ3) is 5.01. The molecule has 8 heteroatoms. The van der Waals surface area contributed by atoms with Crippen LogP contribution in [-0.2, 0) is 10.1 Å². The van der Waals surface area contributed by atoms with Crippen molar-refractivity contribution in [2.24, 2.45) is 5.73 Å². The van der Waals surface area contributed by atoms with E-state index in [9.17, 15) is 13.2 Å². The minimum absolute atomic E-state index is 0.0666. The maximum Gasteiger partial charge on any atom is 0.294 e. The highest BCUT2D eigenvalue weighted by Gasteiger charge is 2.11. The first-order valence-electron chi connectivity index (χ1n) is 5.89. The van der Waals surface area contributed by atoms with E-state index in [4.69, 9.17) is 14.7 Å². The second kappa shape index (κ2) is 6.51. The summed E-state index contributed by atoms with van der Waals surface area (Å²) in [6.45, 7) is 5.18. The van der Waals surface area contributed by atoms with Crippen LogP contribution < -0.4 is 5.73 Å². The predicted molar refractivity (Wildman–Crippen MR) is 75.5 cm³/mol. The molecule has 0 atom stereocenters. The van der Waals surface area contributed by atoms with Crippen molar-refractivity contribution < 1.29 is 22.2 Å². The number of aromatic nitrogens is 1. The number of carbonyl (C=O) groups excluding carboxylic acids is 1. The first-order chi connectivity index (χ1) is 9.61. The van der Waals surface area contributed by atoms with Crippen LogP contribution in [0.5, 0.6) is 0 Å². The van der Waals surface area contributed by atoms with Crippen molar-refractivity contribution in [3.8, 4) is 0 Å². The number of benzene rings is 1. The van der Waals surface area contributed by atoms with Gasteiger partial charge in [-0.1, -0.05) is 17.7 Å². The maximum atomic E-state index is 10.5. The highest BCUT2D eigenvalue weighted by atomic mass is 32.2. The largest absolute Gasteiger partial charge is 0.436 e. The summed E-state index contributed by atoms with van der Waals surface area (Å²) in [6, 6.07) is 5.99. The molecule has 0 bridgehead atoms. The molecule has 0 saturated carbocycles. The van der Waals surface area contributed by atoms with Crippen LogP contribution in [0.1, 0.15) is 27.7 Å². The van der Waals surface area contributed by atoms with E-state index in [1.54, 1.807) is 26.0 Å². The molecule has 0 unspecified atom stereocenters. The lowest BCUT2D eigenvalue weighted by Gasteiger charge is -1.95. The monoisotopic (exact) mass is 312 g/mol. The molecule has 21 heavy (non-hydrogen) atoms. The third-order valence-electron chi connectivity index (χ3n) is 2.45. The SMILES string of the molecule is Cc1ccc(S(=O)(=O)O)cc1.Cc1nc(C)c(C(N)=O)o1. The summed E-state index contributed by atoms with van der Waals surface area (Å²) < 4.78 is 34.4. The molecule has 0 saturated heterocycles. The average molecular weight is 312 g/mol. The van der Waals surface area contributed by atoms with E-state index in [-0.39, 0.29) is 10.7 Å². The molecule has 0 aliphatic rings. The Morgan fingerprint density at radius 3 is 2.00 bits per heavy atom. The highest BCUT2D eigenvalue weighted by molar-refractivity contribution is 7.85. The summed E-state index contributed by atoms with van der Waals surface area (Å²) in [5.41, 5.74) is 6.46. The third-order valence-corrected chi connectivity index (χ3v) is 3.31. The Morgan fingerprint density at radius 2 is 1.71 bits per heavy atom. The minimum Gasteiger partial charge on any atom is -0.436 e. The van der Waals surface area contributed by atoms with Gasteiger partial charge in [0.15, 0.2) is 5.89 Å². The van der Waals surface area contributed by atoms with Crippen LogP contribution in [0.15, 0.2) is 33.6 Å². The summed E-state index contributed by atoms with van der Waals surface area (Å²) in [6.07, 6.45) is 0. The quantitative estimate of drug-likeness (QED) is 0.812. The molecule has 2 rings (SSSR count). The standard InChI is InChI=1S/C7H8O3S.C6H8N2O2/c1-6-2-4-7(5-3-6)11(8,9)10;1-3-5(6(7)9)10-4(2)8-3/h2-5H,1H3,(H,8,9,10);1-2H3,(H2,7,9). The fourth-order valence-electron chi connectivity index (χ4n) is 1.47. The Labute approximate surface area is 122 Å². The van der Waals surface area contributed by atoms with Gasteiger partial charge < -0.3 is 10.2 Å². The zero-order valence-electron chi connectivity index (χ0n) is 11.8. The lowest BCUT2D eigenvalue weighted by molar-refractivity contribution is 0.0972. The minimum atomic E-state index is -4.02. The van der Waals surface area contributed by atoms with E-state index in [0.29, 0.717) is 11.6 Å². The number of primary amides is 1. The number of rotatable bonds is 2. The Kier molecular flexibility index (Phi) is 5.23. The summed E-state index contributed by atoms with van der Waals surface area (Å²) in [7, 11) is -4.02. The van der Waals surface area contributed by atoms with Gasteiger partial charge in [-0.2, -0.15) is 8.42 Å². The molecule has 114 valence electrons. The Morgan fingerprint density at radius 1 is 1.19 bits per heavy atom. The van der Waals surface area contributed by atoms with Crippen molar-refractivity contribution in [3.05, 3.63) is 47.2 Å². The molecule has 0 aliphatic heterocycles. The molecule has 2 aromatic rings. The van der Waals surface area contributed by atoms with Crippen LogP contribution in [0.2, 0.25) is 0 Å². The summed E-state index contributed by atoms with van der Waals surface area (Å²) in [4.78, 5) is 14.3. The first kappa shape index (κ1) is 16.9. The van der Waals surface area contributed by atoms with Crippen molar-refractivity contribution in [1.29, 1.82) is 0 Å². The van der Waals surface area contributed by atoms with E-state index in [2.05, 4.69) is 4.98 Å². The smallest absolute Gasteiger partial charge is 0.294 e. The van der Waals surface area contributed by atoms with E-state index in [0.717, 1.165) is 5.56 Å². The van der Waals surface area contributed by atoms with Gasteiger partial charge in [0, 0.05) is 6.92 Å². The van der Waals surface area contributed by atoms with Crippen LogP contribution in [0.4, 0.5) is 0 Å². The number of nitrogens with zero attached hydrogens (tertiary/aromatic N) is 1. The molecule has 0 radical (unpaired) electrons. The summed E-state index contributed by atoms with van der Waals surface area (Å²) >= 11 is 0. The van der Waals surface area contributed by atoms with Gasteiger partial charge in [0.05, 0.1) is 10.6 Å². The Hall–Kier alpha value is -2.19. The number of hydrogen-bond acceptors (Lipinski definition) is 5. The lowest BCUT2D eigenvalue weighted by atomic mass is 10.2. The van der Waals surface area contributed by atoms with Crippen LogP contribution in [0.25, 0.3) is 0 Å². The Bertz CT molecular complexity index is 732. The van der Waals surface area contributed by atoms with Crippen molar-refractivity contribution in [1.82, 2.24) is 4.98 Å². The molecule has 0 aliphatic carbocycles. The van der Waals surface area contributed by atoms with Crippen LogP contribution in [-0.4, -0.2) is 23.9 Å². The molecule has 1 aromatic heterocycles. The lowest BCUT2D eigenvalue weighted by Crippen LogP contribution is -2.10. The van der Waals surface area contributed by atoms with Crippen LogP contribution >= 0.6 is 0 Å². The molecule has 3 N–H and O–H groups in total. The molecule has 7 nitrogen and oxygen atoms in total. The second-order valence-electron chi connectivity index (χ2n) is 4.30. The van der Waals surface area contributed by atoms with Crippen molar-refractivity contribution in [3.63, 3.8) is 0 Å². The molecular formula is C13H16N2O5S. The predicted octanol–water partition coefficient (Wildman–Crippen LogP) is 1.63. The molecule has 0 spiro atoms. The van der Waals surface area contributed by atoms with E-state index in [1.807, 2.05) is 6.92 Å². The fourth-order valence-corrected chi connectivity index (χ4v) is 1.95. The van der Waals surface area contributed by atoms with Gasteiger partial charge >= 0.3 is 0 Å². The molecule has 1 amide bonds. The van der Waals surface area contributed by atoms with Crippen LogP contribution in [0, 0.1) is 20.8 Å². The van der Waals surface area contributed by atoms with Gasteiger partial charge in [-0.25, -0.2) is 4.98 Å². The maximum absolute atomic E-state index is 10.5. The molecule has 1 aromatic carbocycles. The van der Waals surface area contributed by atoms with Crippen molar-refractivity contribution in [2.45, 2.75) is 25.7 Å². The van der Waals surface area contributed by atoms with Gasteiger partial charge in [0.25, 0.3) is 16.0 Å². The zero-order valence-corrected chi connectivity index (χ0v) is 12.6. The van der Waals surface area contributed by atoms with E-state index < -0.39 is 16.0 Å². The number of amides is 1. The number of carbonyl (C=O) groups is 1. The van der Waals surface area contributed by atoms with E-state index >= 15 is 0 Å². The number of oxazole rings is 1. The molecule has 1 heterocycles. The average Bonchev–Trinajstić information content (AvgIpc) is 2.69. The van der Waals surface area contributed by atoms with Gasteiger partial charge in [0.2, 0.25) is 5.76 Å². The van der Waals surface area contributed by atoms with Crippen molar-refractivity contribution >= 4 is 16.0 Å². The van der Waals surface area contributed by atoms with Gasteiger partial charge in [0.1, 0.15) is 0 Å². The van der Waals surface area contributed by atoms with Gasteiger partial charge in [-0.3, -0.25) is 9.35 Å². The zero-order chi connectivity index (χ0) is 16.2. The summed E-state index contributed by atoms with van der Waals surface area (Å²) in [5.74, 6) is 0.0434. The van der Waals surface area contributed by atoms with Gasteiger partial charge in [-0.15, -0.1) is 0 Å². The van der Waals surface area contributed by atoms with E-state index in [1.165, 1.54) is 12.1 Å². The Balaban J connectivity index is 0.000000211. The van der Waals surface area contributed by atoms with Crippen molar-refractivity contribution in [2.75, 3.05) is 0 Å². The summed E-state index contributed by atoms with van der Waals surface area (Å²) in [5, 5.41) is 0. The topological polar surface area (TPSA) is 123 Å². The number of aryl methyl sites for hydroxylation is 3. The van der Waals surface area contributed by atoms with Crippen LogP contribution in [0.3, 0.4) is 0 Å². The van der Waals surface area contributed by atoms with Gasteiger partial charge in [-0.05, 0) is 26.0 Å². The fraction of sp³-hybridized carbons (Fsp3) is 0.231. The normalized spacial score (nSPS) is 10.7. The molecular weight excluding hydrogens is 296 g/mol.